The van der Waals surface area contributed by atoms with Crippen molar-refractivity contribution in [2.45, 2.75) is 26.7 Å². The highest BCUT2D eigenvalue weighted by Crippen LogP contribution is 2.29. The van der Waals surface area contributed by atoms with Crippen molar-refractivity contribution in [3.8, 4) is 5.69 Å². The fourth-order valence-electron chi connectivity index (χ4n) is 3.45. The summed E-state index contributed by atoms with van der Waals surface area (Å²) in [6.07, 6.45) is 3.47. The summed E-state index contributed by atoms with van der Waals surface area (Å²) in [5.74, 6) is -1.72. The first-order valence-corrected chi connectivity index (χ1v) is 10.7. The fourth-order valence-corrected chi connectivity index (χ4v) is 3.63. The molecule has 0 amide bonds. The molecule has 0 fully saturated rings. The molecule has 7 nitrogen and oxygen atoms in total. The molecule has 0 saturated heterocycles. The lowest BCUT2D eigenvalue weighted by Crippen LogP contribution is -2.24. The van der Waals surface area contributed by atoms with E-state index in [1.165, 1.54) is 0 Å². The first kappa shape index (κ1) is 22.4. The van der Waals surface area contributed by atoms with E-state index in [0.29, 0.717) is 16.3 Å². The summed E-state index contributed by atoms with van der Waals surface area (Å²) in [6, 6.07) is 13.6. The number of ether oxygens (including phenoxy) is 1. The third kappa shape index (κ3) is 4.83. The Labute approximate surface area is 195 Å². The van der Waals surface area contributed by atoms with Gasteiger partial charge < -0.3 is 4.74 Å². The number of Topliss-reactive ketones (excluding diaryl/α,β-unsaturated/α-hetero) is 2. The van der Waals surface area contributed by atoms with Gasteiger partial charge >= 0.3 is 5.97 Å². The van der Waals surface area contributed by atoms with Crippen LogP contribution in [-0.4, -0.2) is 32.5 Å². The Hall–Kier alpha value is -3.84. The van der Waals surface area contributed by atoms with Gasteiger partial charge in [-0.1, -0.05) is 52.7 Å². The zero-order valence-corrected chi connectivity index (χ0v) is 18.8. The van der Waals surface area contributed by atoms with Gasteiger partial charge in [-0.15, -0.1) is 5.10 Å². The molecule has 0 unspecified atom stereocenters. The molecule has 4 rings (SSSR count). The second-order valence-electron chi connectivity index (χ2n) is 7.78. The van der Waals surface area contributed by atoms with Gasteiger partial charge in [0.05, 0.1) is 29.6 Å². The normalized spacial score (nSPS) is 13.1. The molecule has 1 aliphatic rings. The number of ketones is 2. The molecule has 0 atom stereocenters. The summed E-state index contributed by atoms with van der Waals surface area (Å²) in [5, 5.41) is 8.70. The Morgan fingerprint density at radius 2 is 1.79 bits per heavy atom. The van der Waals surface area contributed by atoms with Crippen LogP contribution in [-0.2, 0) is 16.0 Å². The van der Waals surface area contributed by atoms with Crippen LogP contribution in [0.25, 0.3) is 5.69 Å². The van der Waals surface area contributed by atoms with E-state index in [4.69, 9.17) is 16.3 Å². The molecule has 0 saturated carbocycles. The molecule has 1 aliphatic carbocycles. The largest absolute Gasteiger partial charge is 0.421 e. The maximum absolute atomic E-state index is 13.0. The van der Waals surface area contributed by atoms with Crippen LogP contribution in [0.15, 0.2) is 77.7 Å². The van der Waals surface area contributed by atoms with Crippen molar-refractivity contribution < 1.29 is 19.1 Å². The van der Waals surface area contributed by atoms with Crippen molar-refractivity contribution in [1.29, 1.82) is 0 Å². The average Bonchev–Trinajstić information content (AvgIpc) is 3.27. The Morgan fingerprint density at radius 1 is 1.06 bits per heavy atom. The lowest BCUT2D eigenvalue weighted by atomic mass is 9.87. The Balaban J connectivity index is 1.51. The van der Waals surface area contributed by atoms with Crippen molar-refractivity contribution in [2.24, 2.45) is 0 Å². The first-order chi connectivity index (χ1) is 15.8. The predicted octanol–water partition coefficient (Wildman–Crippen LogP) is 4.70. The van der Waals surface area contributed by atoms with Gasteiger partial charge in [0.1, 0.15) is 0 Å². The van der Waals surface area contributed by atoms with Gasteiger partial charge in [0.25, 0.3) is 0 Å². The minimum Gasteiger partial charge on any atom is -0.421 e. The monoisotopic (exact) mass is 461 g/mol. The van der Waals surface area contributed by atoms with E-state index in [2.05, 4.69) is 10.3 Å². The van der Waals surface area contributed by atoms with Gasteiger partial charge in [0.2, 0.25) is 5.78 Å². The van der Waals surface area contributed by atoms with Gasteiger partial charge in [-0.3, -0.25) is 14.4 Å². The zero-order valence-electron chi connectivity index (χ0n) is 18.0. The molecule has 166 valence electrons. The number of aromatic nitrogens is 3. The van der Waals surface area contributed by atoms with Crippen LogP contribution < -0.4 is 0 Å². The van der Waals surface area contributed by atoms with Crippen LogP contribution in [0.1, 0.15) is 46.7 Å². The van der Waals surface area contributed by atoms with Gasteiger partial charge in [-0.25, -0.2) is 4.68 Å². The number of nitrogens with zero attached hydrogens (tertiary/aromatic N) is 3. The molecule has 0 spiro atoms. The van der Waals surface area contributed by atoms with Crippen molar-refractivity contribution in [2.75, 3.05) is 0 Å². The summed E-state index contributed by atoms with van der Waals surface area (Å²) in [4.78, 5) is 38.5. The standard InChI is InChI=1S/C25H20ClN3O4/c1-15(2)12-21-23(31)19-8-3-4-9-20(19)24(32)25(21)33-22(30)11-10-17-14-29(28-27-17)18-7-5-6-16(26)13-18/h3-9,12-14H,10-11H2,1-2H3. The number of hydrogen-bond donors (Lipinski definition) is 0. The fraction of sp³-hybridized carbons (Fsp3) is 0.160. The smallest absolute Gasteiger partial charge is 0.311 e. The highest BCUT2D eigenvalue weighted by Gasteiger charge is 2.33. The Bertz CT molecular complexity index is 1330. The maximum atomic E-state index is 13.0. The predicted molar refractivity (Wildman–Crippen MR) is 122 cm³/mol. The van der Waals surface area contributed by atoms with E-state index in [-0.39, 0.29) is 35.5 Å². The van der Waals surface area contributed by atoms with E-state index in [1.807, 2.05) is 6.07 Å². The molecule has 33 heavy (non-hydrogen) atoms. The quantitative estimate of drug-likeness (QED) is 0.494. The van der Waals surface area contributed by atoms with Crippen LogP contribution in [0.5, 0.6) is 0 Å². The minimum absolute atomic E-state index is 0.0387. The average molecular weight is 462 g/mol. The van der Waals surface area contributed by atoms with Crippen molar-refractivity contribution in [3.63, 3.8) is 0 Å². The number of rotatable bonds is 6. The third-order valence-electron chi connectivity index (χ3n) is 4.96. The van der Waals surface area contributed by atoms with Gasteiger partial charge in [0, 0.05) is 22.6 Å². The van der Waals surface area contributed by atoms with Gasteiger partial charge in [-0.05, 0) is 38.1 Å². The maximum Gasteiger partial charge on any atom is 0.311 e. The van der Waals surface area contributed by atoms with Crippen molar-refractivity contribution in [3.05, 3.63) is 99.6 Å². The van der Waals surface area contributed by atoms with E-state index in [1.54, 1.807) is 73.3 Å². The molecule has 3 aromatic rings. The second-order valence-corrected chi connectivity index (χ2v) is 8.21. The number of benzene rings is 2. The molecule has 0 bridgehead atoms. The number of hydrogen-bond acceptors (Lipinski definition) is 6. The highest BCUT2D eigenvalue weighted by atomic mass is 35.5. The summed E-state index contributed by atoms with van der Waals surface area (Å²) in [7, 11) is 0. The second kappa shape index (κ2) is 9.34. The molecule has 0 radical (unpaired) electrons. The van der Waals surface area contributed by atoms with E-state index >= 15 is 0 Å². The number of esters is 1. The topological polar surface area (TPSA) is 91.2 Å². The number of carbonyl (C=O) groups is 3. The molecule has 0 N–H and O–H groups in total. The lowest BCUT2D eigenvalue weighted by molar-refractivity contribution is -0.139. The van der Waals surface area contributed by atoms with Gasteiger partial charge in [0.15, 0.2) is 11.5 Å². The number of fused-ring (bicyclic) bond motifs is 1. The van der Waals surface area contributed by atoms with E-state index < -0.39 is 11.8 Å². The highest BCUT2D eigenvalue weighted by molar-refractivity contribution is 6.30. The lowest BCUT2D eigenvalue weighted by Gasteiger charge is -2.19. The van der Waals surface area contributed by atoms with Crippen LogP contribution >= 0.6 is 11.6 Å². The summed E-state index contributed by atoms with van der Waals surface area (Å²) in [5.41, 5.74) is 2.72. The molecule has 8 heteroatoms. The molecule has 1 heterocycles. The molecule has 0 aliphatic heterocycles. The summed E-state index contributed by atoms with van der Waals surface area (Å²) in [6.45, 7) is 3.60. The molecule has 1 aromatic heterocycles. The first-order valence-electron chi connectivity index (χ1n) is 10.3. The molecular weight excluding hydrogens is 442 g/mol. The van der Waals surface area contributed by atoms with Crippen molar-refractivity contribution in [1.82, 2.24) is 15.0 Å². The minimum atomic E-state index is -0.637. The Kier molecular flexibility index (Phi) is 6.33. The number of carbonyl (C=O) groups excluding carboxylic acids is 3. The van der Waals surface area contributed by atoms with E-state index in [0.717, 1.165) is 11.3 Å². The summed E-state index contributed by atoms with van der Waals surface area (Å²) < 4.78 is 6.98. The SMILES string of the molecule is CC(C)=CC1=C(OC(=O)CCc2cn(-c3cccc(Cl)c3)nn2)C(=O)c2ccccc2C1=O. The number of halogens is 1. The number of aryl methyl sites for hydroxylation is 1. The van der Waals surface area contributed by atoms with Gasteiger partial charge in [-0.2, -0.15) is 0 Å². The zero-order chi connectivity index (χ0) is 23.5. The van der Waals surface area contributed by atoms with Crippen LogP contribution in [0.4, 0.5) is 0 Å². The molecular formula is C25H20ClN3O4. The third-order valence-corrected chi connectivity index (χ3v) is 5.19. The summed E-state index contributed by atoms with van der Waals surface area (Å²) >= 11 is 6.01. The van der Waals surface area contributed by atoms with Crippen LogP contribution in [0.2, 0.25) is 5.02 Å². The molecule has 2 aromatic carbocycles. The number of allylic oxidation sites excluding steroid dienone is 4. The van der Waals surface area contributed by atoms with Crippen LogP contribution in [0.3, 0.4) is 0 Å². The van der Waals surface area contributed by atoms with Crippen molar-refractivity contribution >= 4 is 29.1 Å². The van der Waals surface area contributed by atoms with Crippen LogP contribution in [0, 0.1) is 0 Å². The Morgan fingerprint density at radius 3 is 2.48 bits per heavy atom. The van der Waals surface area contributed by atoms with E-state index in [9.17, 15) is 14.4 Å².